The second kappa shape index (κ2) is 8.54. The Morgan fingerprint density at radius 3 is 2.14 bits per heavy atom. The van der Waals surface area contributed by atoms with Crippen LogP contribution in [0.15, 0.2) is 77.7 Å². The number of ether oxygens (including phenoxy) is 2. The monoisotopic (exact) mass is 417 g/mol. The molecule has 0 amide bonds. The molecule has 0 saturated carbocycles. The summed E-state index contributed by atoms with van der Waals surface area (Å²) in [7, 11) is -0.889. The van der Waals surface area contributed by atoms with E-state index in [1.165, 1.54) is 24.6 Å². The van der Waals surface area contributed by atoms with E-state index in [2.05, 4.69) is 0 Å². The van der Waals surface area contributed by atoms with E-state index in [0.29, 0.717) is 17.2 Å². The number of methoxy groups -OCH3 is 2. The number of hydrogen-bond acceptors (Lipinski definition) is 4. The fourth-order valence-electron chi connectivity index (χ4n) is 2.82. The summed E-state index contributed by atoms with van der Waals surface area (Å²) in [4.78, 5) is 0.0439. The molecule has 0 unspecified atom stereocenters. The standard InChI is InChI=1S/C21H20ClNO4S/c1-26-19-13-12-17(14-20(19)27-2)23(15-16-8-4-3-5-9-16)28(24,25)21-11-7-6-10-18(21)22/h3-14H,15H2,1-2H3. The van der Waals surface area contributed by atoms with Gasteiger partial charge >= 0.3 is 0 Å². The van der Waals surface area contributed by atoms with Gasteiger partial charge < -0.3 is 9.47 Å². The molecule has 146 valence electrons. The quantitative estimate of drug-likeness (QED) is 0.556. The van der Waals surface area contributed by atoms with E-state index in [-0.39, 0.29) is 16.5 Å². The molecule has 0 aliphatic rings. The summed E-state index contributed by atoms with van der Waals surface area (Å²) < 4.78 is 38.9. The largest absolute Gasteiger partial charge is 0.493 e. The fraction of sp³-hybridized carbons (Fsp3) is 0.143. The summed E-state index contributed by atoms with van der Waals surface area (Å²) in [5.74, 6) is 0.952. The zero-order valence-electron chi connectivity index (χ0n) is 15.5. The van der Waals surface area contributed by atoms with Crippen LogP contribution < -0.4 is 13.8 Å². The number of halogens is 1. The van der Waals surface area contributed by atoms with Crippen LogP contribution in [0.2, 0.25) is 5.02 Å². The number of rotatable bonds is 7. The van der Waals surface area contributed by atoms with Crippen LogP contribution in [0.5, 0.6) is 11.5 Å². The minimum absolute atomic E-state index is 0.0439. The Labute approximate surface area is 170 Å². The van der Waals surface area contributed by atoms with E-state index >= 15 is 0 Å². The maximum atomic E-state index is 13.5. The van der Waals surface area contributed by atoms with Gasteiger partial charge in [-0.25, -0.2) is 8.42 Å². The van der Waals surface area contributed by atoms with Crippen molar-refractivity contribution in [2.24, 2.45) is 0 Å². The van der Waals surface area contributed by atoms with Crippen molar-refractivity contribution in [3.8, 4) is 11.5 Å². The van der Waals surface area contributed by atoms with Gasteiger partial charge in [0.1, 0.15) is 4.90 Å². The van der Waals surface area contributed by atoms with Gasteiger partial charge in [0.05, 0.1) is 31.5 Å². The van der Waals surface area contributed by atoms with Gasteiger partial charge in [0.2, 0.25) is 0 Å². The van der Waals surface area contributed by atoms with Crippen molar-refractivity contribution in [2.45, 2.75) is 11.4 Å². The van der Waals surface area contributed by atoms with Crippen molar-refractivity contribution in [2.75, 3.05) is 18.5 Å². The third-order valence-electron chi connectivity index (χ3n) is 4.23. The Kier molecular flexibility index (Phi) is 6.11. The normalized spacial score (nSPS) is 11.1. The van der Waals surface area contributed by atoms with E-state index in [1.54, 1.807) is 36.4 Å². The van der Waals surface area contributed by atoms with Gasteiger partial charge in [-0.15, -0.1) is 0 Å². The number of hydrogen-bond donors (Lipinski definition) is 0. The molecular weight excluding hydrogens is 398 g/mol. The summed E-state index contributed by atoms with van der Waals surface area (Å²) in [5.41, 5.74) is 1.29. The second-order valence-corrected chi connectivity index (χ2v) is 8.20. The average molecular weight is 418 g/mol. The van der Waals surface area contributed by atoms with E-state index in [1.807, 2.05) is 30.3 Å². The Bertz CT molecular complexity index is 1060. The molecule has 3 aromatic rings. The SMILES string of the molecule is COc1ccc(N(Cc2ccccc2)S(=O)(=O)c2ccccc2Cl)cc1OC. The van der Waals surface area contributed by atoms with E-state index < -0.39 is 10.0 Å². The lowest BCUT2D eigenvalue weighted by atomic mass is 10.2. The van der Waals surface area contributed by atoms with Crippen molar-refractivity contribution >= 4 is 27.3 Å². The molecule has 0 aromatic heterocycles. The number of benzene rings is 3. The van der Waals surface area contributed by atoms with Gasteiger partial charge in [-0.1, -0.05) is 54.1 Å². The van der Waals surface area contributed by atoms with Crippen LogP contribution in [0, 0.1) is 0 Å². The van der Waals surface area contributed by atoms with Crippen molar-refractivity contribution in [3.63, 3.8) is 0 Å². The maximum Gasteiger partial charge on any atom is 0.266 e. The summed E-state index contributed by atoms with van der Waals surface area (Å²) in [5, 5.41) is 0.168. The molecule has 0 heterocycles. The highest BCUT2D eigenvalue weighted by Crippen LogP contribution is 2.35. The second-order valence-electron chi connectivity index (χ2n) is 5.97. The topological polar surface area (TPSA) is 55.8 Å². The lowest BCUT2D eigenvalue weighted by Crippen LogP contribution is -2.30. The molecule has 3 rings (SSSR count). The lowest BCUT2D eigenvalue weighted by molar-refractivity contribution is 0.355. The number of nitrogens with zero attached hydrogens (tertiary/aromatic N) is 1. The molecule has 7 heteroatoms. The molecule has 0 aliphatic carbocycles. The molecular formula is C21H20ClNO4S. The van der Waals surface area contributed by atoms with Gasteiger partial charge in [-0.3, -0.25) is 4.31 Å². The third kappa shape index (κ3) is 4.08. The van der Waals surface area contributed by atoms with E-state index in [9.17, 15) is 8.42 Å². The zero-order valence-corrected chi connectivity index (χ0v) is 17.1. The Balaban J connectivity index is 2.14. The first kappa shape index (κ1) is 20.0. The predicted octanol–water partition coefficient (Wildman–Crippen LogP) is 4.75. The molecule has 0 aliphatic heterocycles. The first-order valence-corrected chi connectivity index (χ1v) is 10.3. The minimum Gasteiger partial charge on any atom is -0.493 e. The van der Waals surface area contributed by atoms with Crippen LogP contribution in [-0.4, -0.2) is 22.6 Å². The fourth-order valence-corrected chi connectivity index (χ4v) is 4.76. The van der Waals surface area contributed by atoms with Gasteiger partial charge in [-0.05, 0) is 29.8 Å². The van der Waals surface area contributed by atoms with Crippen LogP contribution in [0.4, 0.5) is 5.69 Å². The molecule has 0 atom stereocenters. The highest BCUT2D eigenvalue weighted by atomic mass is 35.5. The molecule has 0 saturated heterocycles. The molecule has 0 spiro atoms. The summed E-state index contributed by atoms with van der Waals surface area (Å²) in [6, 6.07) is 20.7. The highest BCUT2D eigenvalue weighted by Gasteiger charge is 2.28. The van der Waals surface area contributed by atoms with Crippen molar-refractivity contribution < 1.29 is 17.9 Å². The lowest BCUT2D eigenvalue weighted by Gasteiger charge is -2.26. The van der Waals surface area contributed by atoms with Gasteiger partial charge in [0.25, 0.3) is 10.0 Å². The molecule has 0 radical (unpaired) electrons. The Morgan fingerprint density at radius 1 is 0.857 bits per heavy atom. The molecule has 0 N–H and O–H groups in total. The van der Waals surface area contributed by atoms with Crippen molar-refractivity contribution in [3.05, 3.63) is 83.4 Å². The molecule has 28 heavy (non-hydrogen) atoms. The smallest absolute Gasteiger partial charge is 0.266 e. The molecule has 5 nitrogen and oxygen atoms in total. The van der Waals surface area contributed by atoms with Crippen LogP contribution in [0.1, 0.15) is 5.56 Å². The third-order valence-corrected chi connectivity index (χ3v) is 6.50. The van der Waals surface area contributed by atoms with Crippen molar-refractivity contribution in [1.29, 1.82) is 0 Å². The summed E-state index contributed by atoms with van der Waals surface area (Å²) in [6.45, 7) is 0.143. The summed E-state index contributed by atoms with van der Waals surface area (Å²) in [6.07, 6.45) is 0. The maximum absolute atomic E-state index is 13.5. The first-order chi connectivity index (χ1) is 13.5. The van der Waals surface area contributed by atoms with Crippen LogP contribution >= 0.6 is 11.6 Å². The minimum atomic E-state index is -3.92. The average Bonchev–Trinajstić information content (AvgIpc) is 2.72. The van der Waals surface area contributed by atoms with Gasteiger partial charge in [0, 0.05) is 6.07 Å². The Morgan fingerprint density at radius 2 is 1.50 bits per heavy atom. The highest BCUT2D eigenvalue weighted by molar-refractivity contribution is 7.93. The molecule has 0 fully saturated rings. The van der Waals surface area contributed by atoms with Crippen LogP contribution in [0.3, 0.4) is 0 Å². The van der Waals surface area contributed by atoms with E-state index in [0.717, 1.165) is 5.56 Å². The van der Waals surface area contributed by atoms with Gasteiger partial charge in [0.15, 0.2) is 11.5 Å². The predicted molar refractivity (Wildman–Crippen MR) is 111 cm³/mol. The van der Waals surface area contributed by atoms with Crippen molar-refractivity contribution in [1.82, 2.24) is 0 Å². The van der Waals surface area contributed by atoms with E-state index in [4.69, 9.17) is 21.1 Å². The zero-order chi connectivity index (χ0) is 20.1. The molecule has 3 aromatic carbocycles. The van der Waals surface area contributed by atoms with Crippen LogP contribution in [-0.2, 0) is 16.6 Å². The van der Waals surface area contributed by atoms with Crippen LogP contribution in [0.25, 0.3) is 0 Å². The Hall–Kier alpha value is -2.70. The molecule has 0 bridgehead atoms. The van der Waals surface area contributed by atoms with Gasteiger partial charge in [-0.2, -0.15) is 0 Å². The summed E-state index contributed by atoms with van der Waals surface area (Å²) >= 11 is 6.20. The first-order valence-electron chi connectivity index (χ1n) is 8.50. The number of sulfonamides is 1. The number of anilines is 1.